The largest absolute Gasteiger partial charge is 0.362 e. The number of aliphatic imine (C=N–C) groups is 1. The van der Waals surface area contributed by atoms with E-state index in [2.05, 4.69) is 20.9 Å². The van der Waals surface area contributed by atoms with E-state index >= 15 is 0 Å². The second-order valence-electron chi connectivity index (χ2n) is 1.63. The molecule has 1 aliphatic rings. The summed E-state index contributed by atoms with van der Waals surface area (Å²) in [6.07, 6.45) is 5.51. The summed E-state index contributed by atoms with van der Waals surface area (Å²) in [6, 6.07) is 0. The van der Waals surface area contributed by atoms with Gasteiger partial charge in [-0.3, -0.25) is 4.99 Å². The lowest BCUT2D eigenvalue weighted by Crippen LogP contribution is -2.23. The Morgan fingerprint density at radius 3 is 2.88 bits per heavy atom. The molecule has 0 spiro atoms. The minimum absolute atomic E-state index is 0.271. The predicted molar refractivity (Wildman–Crippen MR) is 38.1 cm³/mol. The third kappa shape index (κ3) is 1.10. The number of hydrogen-bond donors (Lipinski definition) is 0. The van der Waals surface area contributed by atoms with Crippen LogP contribution in [0, 0.1) is 0 Å². The third-order valence-electron chi connectivity index (χ3n) is 0.986. The molecule has 0 saturated carbocycles. The van der Waals surface area contributed by atoms with E-state index in [1.807, 2.05) is 24.4 Å². The average Bonchev–Trinajstić information content (AvgIpc) is 1.77. The molecular formula is C5H7BrN2. The van der Waals surface area contributed by atoms with E-state index in [1.54, 1.807) is 6.20 Å². The topological polar surface area (TPSA) is 15.6 Å². The second-order valence-corrected chi connectivity index (χ2v) is 2.57. The Morgan fingerprint density at radius 2 is 2.50 bits per heavy atom. The van der Waals surface area contributed by atoms with Gasteiger partial charge in [0.15, 0.2) is 0 Å². The molecule has 0 aliphatic carbocycles. The molecule has 0 fully saturated rings. The normalized spacial score (nSPS) is 26.8. The zero-order valence-electron chi connectivity index (χ0n) is 4.58. The highest BCUT2D eigenvalue weighted by atomic mass is 79.9. The van der Waals surface area contributed by atoms with Crippen LogP contribution in [0.4, 0.5) is 0 Å². The summed E-state index contributed by atoms with van der Waals surface area (Å²) in [5.41, 5.74) is 0. The molecule has 0 N–H and O–H groups in total. The summed E-state index contributed by atoms with van der Waals surface area (Å²) in [5, 5.41) is 0. The van der Waals surface area contributed by atoms with Gasteiger partial charge in [-0.1, -0.05) is 15.9 Å². The van der Waals surface area contributed by atoms with Gasteiger partial charge in [-0.15, -0.1) is 0 Å². The van der Waals surface area contributed by atoms with Crippen LogP contribution in [0.15, 0.2) is 17.4 Å². The summed E-state index contributed by atoms with van der Waals surface area (Å²) in [5.74, 6) is 0. The van der Waals surface area contributed by atoms with Crippen molar-refractivity contribution >= 4 is 22.1 Å². The molecule has 1 heterocycles. The van der Waals surface area contributed by atoms with E-state index in [0.29, 0.717) is 0 Å². The van der Waals surface area contributed by atoms with E-state index in [0.717, 1.165) is 0 Å². The van der Waals surface area contributed by atoms with E-state index in [1.165, 1.54) is 0 Å². The Morgan fingerprint density at radius 1 is 1.75 bits per heavy atom. The molecule has 0 saturated heterocycles. The van der Waals surface area contributed by atoms with Crippen LogP contribution in [-0.2, 0) is 0 Å². The van der Waals surface area contributed by atoms with Crippen molar-refractivity contribution in [1.82, 2.24) is 4.90 Å². The van der Waals surface area contributed by atoms with Gasteiger partial charge in [0, 0.05) is 25.7 Å². The van der Waals surface area contributed by atoms with Crippen molar-refractivity contribution in [3.05, 3.63) is 12.4 Å². The van der Waals surface area contributed by atoms with Crippen molar-refractivity contribution < 1.29 is 0 Å². The van der Waals surface area contributed by atoms with Gasteiger partial charge < -0.3 is 4.90 Å². The molecule has 0 radical (unpaired) electrons. The number of nitrogens with zero attached hydrogens (tertiary/aromatic N) is 2. The van der Waals surface area contributed by atoms with E-state index in [9.17, 15) is 0 Å². The minimum atomic E-state index is 0.271. The van der Waals surface area contributed by atoms with Crippen LogP contribution in [0.1, 0.15) is 0 Å². The van der Waals surface area contributed by atoms with Crippen LogP contribution >= 0.6 is 15.9 Å². The molecule has 0 bridgehead atoms. The standard InChI is InChI=1S/C5H7BrN2/c1-8-3-2-7-4-5(8)6/h2-5H,1H3. The highest BCUT2D eigenvalue weighted by Gasteiger charge is 2.03. The van der Waals surface area contributed by atoms with Crippen LogP contribution in [0.25, 0.3) is 0 Å². The average molecular weight is 175 g/mol. The van der Waals surface area contributed by atoms with Crippen molar-refractivity contribution in [3.8, 4) is 0 Å². The minimum Gasteiger partial charge on any atom is -0.362 e. The first-order valence-electron chi connectivity index (χ1n) is 2.36. The van der Waals surface area contributed by atoms with Gasteiger partial charge in [-0.05, 0) is 0 Å². The summed E-state index contributed by atoms with van der Waals surface area (Å²) in [4.78, 5) is 6.21. The molecule has 3 heteroatoms. The molecule has 1 unspecified atom stereocenters. The summed E-state index contributed by atoms with van der Waals surface area (Å²) >= 11 is 3.38. The molecule has 8 heavy (non-hydrogen) atoms. The lowest BCUT2D eigenvalue weighted by molar-refractivity contribution is 0.498. The monoisotopic (exact) mass is 174 g/mol. The van der Waals surface area contributed by atoms with Gasteiger partial charge >= 0.3 is 0 Å². The first-order chi connectivity index (χ1) is 3.80. The Bertz CT molecular complexity index is 114. The molecule has 44 valence electrons. The molecule has 1 atom stereocenters. The molecule has 2 nitrogen and oxygen atoms in total. The van der Waals surface area contributed by atoms with Gasteiger partial charge in [0.25, 0.3) is 0 Å². The van der Waals surface area contributed by atoms with Crippen LogP contribution in [0.5, 0.6) is 0 Å². The molecule has 1 rings (SSSR count). The molecular weight excluding hydrogens is 168 g/mol. The highest BCUT2D eigenvalue weighted by molar-refractivity contribution is 9.09. The van der Waals surface area contributed by atoms with Crippen LogP contribution in [0.3, 0.4) is 0 Å². The second kappa shape index (κ2) is 2.31. The van der Waals surface area contributed by atoms with Crippen LogP contribution < -0.4 is 0 Å². The van der Waals surface area contributed by atoms with Gasteiger partial charge in [-0.2, -0.15) is 0 Å². The van der Waals surface area contributed by atoms with Gasteiger partial charge in [0.05, 0.1) is 0 Å². The predicted octanol–water partition coefficient (Wildman–Crippen LogP) is 1.19. The Balaban J connectivity index is 2.59. The van der Waals surface area contributed by atoms with Crippen LogP contribution in [0.2, 0.25) is 0 Å². The molecule has 0 aromatic heterocycles. The zero-order valence-corrected chi connectivity index (χ0v) is 6.17. The highest BCUT2D eigenvalue weighted by Crippen LogP contribution is 2.05. The number of alkyl halides is 1. The number of rotatable bonds is 0. The van der Waals surface area contributed by atoms with Crippen molar-refractivity contribution in [1.29, 1.82) is 0 Å². The number of hydrogen-bond acceptors (Lipinski definition) is 2. The Kier molecular flexibility index (Phi) is 1.68. The molecule has 1 aliphatic heterocycles. The van der Waals surface area contributed by atoms with E-state index in [4.69, 9.17) is 0 Å². The SMILES string of the molecule is CN1C=CN=CC1Br. The van der Waals surface area contributed by atoms with Crippen molar-refractivity contribution in [2.24, 2.45) is 4.99 Å². The van der Waals surface area contributed by atoms with Crippen molar-refractivity contribution in [2.75, 3.05) is 7.05 Å². The number of halogens is 1. The van der Waals surface area contributed by atoms with Crippen molar-refractivity contribution in [3.63, 3.8) is 0 Å². The Labute approximate surface area is 57.0 Å². The summed E-state index contributed by atoms with van der Waals surface area (Å²) < 4.78 is 0. The maximum atomic E-state index is 3.91. The maximum absolute atomic E-state index is 3.91. The van der Waals surface area contributed by atoms with Gasteiger partial charge in [-0.25, -0.2) is 0 Å². The first-order valence-corrected chi connectivity index (χ1v) is 3.28. The van der Waals surface area contributed by atoms with Gasteiger partial charge in [0.2, 0.25) is 0 Å². The molecule has 0 aromatic rings. The van der Waals surface area contributed by atoms with E-state index < -0.39 is 0 Å². The lowest BCUT2D eigenvalue weighted by atomic mass is 10.5. The van der Waals surface area contributed by atoms with Crippen molar-refractivity contribution in [2.45, 2.75) is 4.95 Å². The summed E-state index contributed by atoms with van der Waals surface area (Å²) in [7, 11) is 1.99. The van der Waals surface area contributed by atoms with E-state index in [-0.39, 0.29) is 4.95 Å². The van der Waals surface area contributed by atoms with Gasteiger partial charge in [0.1, 0.15) is 4.95 Å². The fourth-order valence-electron chi connectivity index (χ4n) is 0.452. The smallest absolute Gasteiger partial charge is 0.119 e. The molecule has 0 amide bonds. The third-order valence-corrected chi connectivity index (χ3v) is 1.87. The molecule has 0 aromatic carbocycles. The quantitative estimate of drug-likeness (QED) is 0.399. The summed E-state index contributed by atoms with van der Waals surface area (Å²) in [6.45, 7) is 0. The Hall–Kier alpha value is -0.310. The maximum Gasteiger partial charge on any atom is 0.119 e. The lowest BCUT2D eigenvalue weighted by Gasteiger charge is -2.18. The fraction of sp³-hybridized carbons (Fsp3) is 0.400. The zero-order chi connectivity index (χ0) is 5.98. The fourth-order valence-corrected chi connectivity index (χ4v) is 0.725. The van der Waals surface area contributed by atoms with Crippen LogP contribution in [-0.4, -0.2) is 23.1 Å². The first kappa shape index (κ1) is 5.82.